The average Bonchev–Trinajstić information content (AvgIpc) is 2.35. The zero-order valence-corrected chi connectivity index (χ0v) is 13.3. The summed E-state index contributed by atoms with van der Waals surface area (Å²) >= 11 is 5.75. The Morgan fingerprint density at radius 1 is 1.45 bits per heavy atom. The van der Waals surface area contributed by atoms with Gasteiger partial charge in [-0.2, -0.15) is 0 Å². The Kier molecular flexibility index (Phi) is 6.26. The fraction of sp³-hybridized carbons (Fsp3) is 0.417. The van der Waals surface area contributed by atoms with Crippen molar-refractivity contribution in [3.05, 3.63) is 28.8 Å². The molecule has 0 saturated carbocycles. The van der Waals surface area contributed by atoms with Gasteiger partial charge in [-0.3, -0.25) is 4.79 Å². The van der Waals surface area contributed by atoms with E-state index in [1.807, 2.05) is 6.92 Å². The molecule has 0 aromatic heterocycles. The molecular weight excluding hydrogens is 325 g/mol. The number of carbonyl (C=O) groups excluding carboxylic acids is 1. The smallest absolute Gasteiger partial charge is 0.262 e. The van der Waals surface area contributed by atoms with E-state index in [0.717, 1.165) is 6.07 Å². The molecule has 1 N–H and O–H groups in total. The van der Waals surface area contributed by atoms with Crippen LogP contribution < -0.4 is 5.32 Å². The second-order valence-electron chi connectivity index (χ2n) is 4.24. The number of nitrogens with one attached hydrogen (secondary N) is 1. The highest BCUT2D eigenvalue weighted by Gasteiger charge is 2.18. The van der Waals surface area contributed by atoms with E-state index in [0.29, 0.717) is 13.0 Å². The van der Waals surface area contributed by atoms with Crippen LogP contribution in [0, 0.1) is 0 Å². The Labute approximate surface area is 127 Å². The molecule has 1 amide bonds. The van der Waals surface area contributed by atoms with Crippen molar-refractivity contribution in [3.8, 4) is 0 Å². The van der Waals surface area contributed by atoms with Gasteiger partial charge < -0.3 is 10.1 Å². The van der Waals surface area contributed by atoms with E-state index >= 15 is 0 Å². The molecule has 112 valence electrons. The quantitative estimate of drug-likeness (QED) is 0.808. The molecule has 1 unspecified atom stereocenters. The molecule has 0 bridgehead atoms. The number of benzene rings is 1. The van der Waals surface area contributed by atoms with Crippen LogP contribution in [0.15, 0.2) is 23.1 Å². The molecule has 0 heterocycles. The first kappa shape index (κ1) is 17.2. The van der Waals surface area contributed by atoms with E-state index in [4.69, 9.17) is 27.0 Å². The molecule has 0 saturated heterocycles. The molecule has 0 aliphatic carbocycles. The SMILES string of the molecule is COCCC(C)NC(=O)c1ccc(Cl)c(S(=O)(=O)Cl)c1. The maximum atomic E-state index is 12.0. The first-order valence-electron chi connectivity index (χ1n) is 5.79. The first-order chi connectivity index (χ1) is 9.25. The lowest BCUT2D eigenvalue weighted by Gasteiger charge is -2.13. The third kappa shape index (κ3) is 4.94. The Hall–Kier alpha value is -0.820. The summed E-state index contributed by atoms with van der Waals surface area (Å²) in [5.41, 5.74) is 0.179. The summed E-state index contributed by atoms with van der Waals surface area (Å²) in [4.78, 5) is 11.7. The number of methoxy groups -OCH3 is 1. The van der Waals surface area contributed by atoms with Crippen molar-refractivity contribution in [1.82, 2.24) is 5.32 Å². The van der Waals surface area contributed by atoms with Crippen molar-refractivity contribution < 1.29 is 17.9 Å². The van der Waals surface area contributed by atoms with Gasteiger partial charge >= 0.3 is 0 Å². The standard InChI is InChI=1S/C12H15Cl2NO4S/c1-8(5-6-19-2)15-12(16)9-3-4-10(13)11(7-9)20(14,17)18/h3-4,7-8H,5-6H2,1-2H3,(H,15,16). The Balaban J connectivity index is 2.90. The molecule has 0 spiro atoms. The van der Waals surface area contributed by atoms with Crippen LogP contribution in [0.4, 0.5) is 0 Å². The van der Waals surface area contributed by atoms with Crippen LogP contribution in [0.2, 0.25) is 5.02 Å². The topological polar surface area (TPSA) is 72.5 Å². The fourth-order valence-electron chi connectivity index (χ4n) is 1.51. The average molecular weight is 340 g/mol. The van der Waals surface area contributed by atoms with Gasteiger partial charge in [0, 0.05) is 36.0 Å². The van der Waals surface area contributed by atoms with Crippen LogP contribution in [-0.2, 0) is 13.8 Å². The van der Waals surface area contributed by atoms with Gasteiger partial charge in [0.2, 0.25) is 0 Å². The maximum Gasteiger partial charge on any atom is 0.262 e. The monoisotopic (exact) mass is 339 g/mol. The van der Waals surface area contributed by atoms with Crippen LogP contribution in [0.5, 0.6) is 0 Å². The van der Waals surface area contributed by atoms with Crippen LogP contribution in [0.1, 0.15) is 23.7 Å². The minimum Gasteiger partial charge on any atom is -0.385 e. The van der Waals surface area contributed by atoms with Gasteiger partial charge in [0.05, 0.1) is 5.02 Å². The summed E-state index contributed by atoms with van der Waals surface area (Å²) in [5, 5.41) is 2.71. The van der Waals surface area contributed by atoms with Crippen molar-refractivity contribution >= 4 is 37.2 Å². The summed E-state index contributed by atoms with van der Waals surface area (Å²) in [6.07, 6.45) is 0.649. The van der Waals surface area contributed by atoms with Crippen LogP contribution in [-0.4, -0.2) is 34.1 Å². The predicted octanol–water partition coefficient (Wildman–Crippen LogP) is 2.42. The number of amides is 1. The highest BCUT2D eigenvalue weighted by molar-refractivity contribution is 8.13. The largest absolute Gasteiger partial charge is 0.385 e. The van der Waals surface area contributed by atoms with Crippen molar-refractivity contribution in [2.75, 3.05) is 13.7 Å². The minimum atomic E-state index is -3.99. The molecule has 1 rings (SSSR count). The predicted molar refractivity (Wildman–Crippen MR) is 77.9 cm³/mol. The number of halogens is 2. The number of carbonyl (C=O) groups is 1. The fourth-order valence-corrected chi connectivity index (χ4v) is 3.00. The van der Waals surface area contributed by atoms with E-state index < -0.39 is 15.0 Å². The first-order valence-corrected chi connectivity index (χ1v) is 8.48. The zero-order valence-electron chi connectivity index (χ0n) is 11.0. The molecule has 0 fully saturated rings. The molecule has 20 heavy (non-hydrogen) atoms. The summed E-state index contributed by atoms with van der Waals surface area (Å²) < 4.78 is 27.6. The third-order valence-electron chi connectivity index (χ3n) is 2.59. The second kappa shape index (κ2) is 7.26. The molecule has 1 atom stereocenters. The normalized spacial score (nSPS) is 13.0. The maximum absolute atomic E-state index is 12.0. The van der Waals surface area contributed by atoms with Crippen molar-refractivity contribution in [1.29, 1.82) is 0 Å². The van der Waals surface area contributed by atoms with E-state index in [9.17, 15) is 13.2 Å². The van der Waals surface area contributed by atoms with Gasteiger partial charge in [-0.15, -0.1) is 0 Å². The van der Waals surface area contributed by atoms with E-state index in [-0.39, 0.29) is 21.5 Å². The molecule has 1 aromatic carbocycles. The third-order valence-corrected chi connectivity index (χ3v) is 4.39. The van der Waals surface area contributed by atoms with Crippen molar-refractivity contribution in [3.63, 3.8) is 0 Å². The molecule has 8 heteroatoms. The van der Waals surface area contributed by atoms with Crippen LogP contribution in [0.25, 0.3) is 0 Å². The molecule has 5 nitrogen and oxygen atoms in total. The van der Waals surface area contributed by atoms with Crippen molar-refractivity contribution in [2.24, 2.45) is 0 Å². The lowest BCUT2D eigenvalue weighted by atomic mass is 10.2. The van der Waals surface area contributed by atoms with Gasteiger partial charge in [-0.1, -0.05) is 11.6 Å². The molecule has 0 aliphatic rings. The van der Waals surface area contributed by atoms with E-state index in [1.165, 1.54) is 12.1 Å². The highest BCUT2D eigenvalue weighted by atomic mass is 35.7. The van der Waals surface area contributed by atoms with Gasteiger partial charge in [0.15, 0.2) is 0 Å². The van der Waals surface area contributed by atoms with E-state index in [2.05, 4.69) is 5.32 Å². The van der Waals surface area contributed by atoms with Crippen molar-refractivity contribution in [2.45, 2.75) is 24.3 Å². The van der Waals surface area contributed by atoms with Gasteiger partial charge in [0.25, 0.3) is 15.0 Å². The summed E-state index contributed by atoms with van der Waals surface area (Å²) in [6.45, 7) is 2.34. The van der Waals surface area contributed by atoms with Gasteiger partial charge in [-0.05, 0) is 31.5 Å². The Morgan fingerprint density at radius 2 is 2.10 bits per heavy atom. The number of hydrogen-bond acceptors (Lipinski definition) is 4. The Bertz CT molecular complexity index is 589. The lowest BCUT2D eigenvalue weighted by Crippen LogP contribution is -2.33. The number of ether oxygens (including phenoxy) is 1. The van der Waals surface area contributed by atoms with Gasteiger partial charge in [0.1, 0.15) is 4.90 Å². The zero-order chi connectivity index (χ0) is 15.3. The lowest BCUT2D eigenvalue weighted by molar-refractivity contribution is 0.0929. The number of rotatable bonds is 6. The van der Waals surface area contributed by atoms with Crippen LogP contribution in [0.3, 0.4) is 0 Å². The summed E-state index contributed by atoms with van der Waals surface area (Å²) in [7, 11) is 2.84. The van der Waals surface area contributed by atoms with Crippen LogP contribution >= 0.6 is 22.3 Å². The molecule has 0 aliphatic heterocycles. The molecule has 0 radical (unpaired) electrons. The minimum absolute atomic E-state index is 0.0241. The molecule has 1 aromatic rings. The number of hydrogen-bond donors (Lipinski definition) is 1. The Morgan fingerprint density at radius 3 is 2.65 bits per heavy atom. The van der Waals surface area contributed by atoms with Gasteiger partial charge in [-0.25, -0.2) is 8.42 Å². The second-order valence-corrected chi connectivity index (χ2v) is 7.18. The molecular formula is C12H15Cl2NO4S. The summed E-state index contributed by atoms with van der Waals surface area (Å²) in [6, 6.07) is 3.81. The highest BCUT2D eigenvalue weighted by Crippen LogP contribution is 2.25. The van der Waals surface area contributed by atoms with E-state index in [1.54, 1.807) is 7.11 Å². The summed E-state index contributed by atoms with van der Waals surface area (Å²) in [5.74, 6) is -0.396.